The van der Waals surface area contributed by atoms with Crippen molar-refractivity contribution < 1.29 is 9.59 Å². The summed E-state index contributed by atoms with van der Waals surface area (Å²) in [6.45, 7) is 2.49. The highest BCUT2D eigenvalue weighted by Gasteiger charge is 2.34. The van der Waals surface area contributed by atoms with E-state index >= 15 is 0 Å². The van der Waals surface area contributed by atoms with Crippen molar-refractivity contribution in [1.82, 2.24) is 15.1 Å². The van der Waals surface area contributed by atoms with Crippen LogP contribution in [-0.4, -0.2) is 34.2 Å². The van der Waals surface area contributed by atoms with Crippen LogP contribution in [0.2, 0.25) is 0 Å². The maximum atomic E-state index is 12.4. The molecular weight excluding hydrogens is 288 g/mol. The van der Waals surface area contributed by atoms with E-state index in [0.29, 0.717) is 17.8 Å². The van der Waals surface area contributed by atoms with Gasteiger partial charge < -0.3 is 10.2 Å². The first-order valence-electron chi connectivity index (χ1n) is 6.71. The number of thiophene rings is 1. The van der Waals surface area contributed by atoms with Crippen LogP contribution in [0.25, 0.3) is 0 Å². The average molecular weight is 304 g/mol. The van der Waals surface area contributed by atoms with E-state index in [9.17, 15) is 9.59 Å². The van der Waals surface area contributed by atoms with Crippen LogP contribution in [0.4, 0.5) is 5.69 Å². The molecule has 0 spiro atoms. The van der Waals surface area contributed by atoms with Crippen molar-refractivity contribution in [3.8, 4) is 0 Å². The summed E-state index contributed by atoms with van der Waals surface area (Å²) >= 11 is 1.39. The Hall–Kier alpha value is -2.15. The lowest BCUT2D eigenvalue weighted by Crippen LogP contribution is -2.41. The molecule has 0 bridgehead atoms. The van der Waals surface area contributed by atoms with Gasteiger partial charge in [0.2, 0.25) is 5.91 Å². The van der Waals surface area contributed by atoms with Gasteiger partial charge >= 0.3 is 0 Å². The lowest BCUT2D eigenvalue weighted by atomic mass is 10.2. The number of aryl methyl sites for hydroxylation is 2. The number of rotatable bonds is 3. The van der Waals surface area contributed by atoms with Gasteiger partial charge in [0.15, 0.2) is 0 Å². The zero-order valence-electron chi connectivity index (χ0n) is 11.9. The van der Waals surface area contributed by atoms with Gasteiger partial charge in [-0.1, -0.05) is 0 Å². The summed E-state index contributed by atoms with van der Waals surface area (Å²) < 4.78 is 1.66. The highest BCUT2D eigenvalue weighted by Crippen LogP contribution is 2.22. The number of aromatic nitrogens is 2. The van der Waals surface area contributed by atoms with Crippen molar-refractivity contribution in [2.75, 3.05) is 11.4 Å². The minimum absolute atomic E-state index is 0.0782. The number of hydrogen-bond donors (Lipinski definition) is 1. The molecule has 0 aliphatic carbocycles. The van der Waals surface area contributed by atoms with Crippen LogP contribution < -0.4 is 10.2 Å². The topological polar surface area (TPSA) is 67.2 Å². The molecule has 1 aliphatic rings. The van der Waals surface area contributed by atoms with Crippen molar-refractivity contribution in [2.24, 2.45) is 7.05 Å². The summed E-state index contributed by atoms with van der Waals surface area (Å²) in [6, 6.07) is 1.44. The van der Waals surface area contributed by atoms with Crippen molar-refractivity contribution in [3.05, 3.63) is 34.3 Å². The molecule has 7 heteroatoms. The number of nitrogens with one attached hydrogen (secondary N) is 1. The van der Waals surface area contributed by atoms with E-state index in [0.717, 1.165) is 11.3 Å². The van der Waals surface area contributed by atoms with Crippen LogP contribution in [0, 0.1) is 6.92 Å². The number of hydrogen-bond acceptors (Lipinski definition) is 4. The average Bonchev–Trinajstić information content (AvgIpc) is 3.13. The fraction of sp³-hybridized carbons (Fsp3) is 0.357. The summed E-state index contributed by atoms with van der Waals surface area (Å²) in [6.07, 6.45) is 4.07. The number of nitrogens with zero attached hydrogens (tertiary/aromatic N) is 3. The molecule has 3 rings (SSSR count). The van der Waals surface area contributed by atoms with E-state index in [1.807, 2.05) is 25.4 Å². The fourth-order valence-corrected chi connectivity index (χ4v) is 3.28. The minimum atomic E-state index is -0.459. The van der Waals surface area contributed by atoms with Gasteiger partial charge in [0.05, 0.1) is 16.8 Å². The molecule has 2 aromatic rings. The normalized spacial score (nSPS) is 18.3. The molecule has 1 aliphatic heterocycles. The summed E-state index contributed by atoms with van der Waals surface area (Å²) in [7, 11) is 1.81. The van der Waals surface area contributed by atoms with Gasteiger partial charge in [0.25, 0.3) is 5.91 Å². The van der Waals surface area contributed by atoms with E-state index < -0.39 is 6.04 Å². The maximum Gasteiger partial charge on any atom is 0.262 e. The predicted octanol–water partition coefficient (Wildman–Crippen LogP) is 1.33. The van der Waals surface area contributed by atoms with Crippen LogP contribution in [0.1, 0.15) is 21.7 Å². The highest BCUT2D eigenvalue weighted by atomic mass is 32.1. The third kappa shape index (κ3) is 2.56. The van der Waals surface area contributed by atoms with Crippen molar-refractivity contribution >= 4 is 28.8 Å². The zero-order chi connectivity index (χ0) is 15.0. The summed E-state index contributed by atoms with van der Waals surface area (Å²) in [5.74, 6) is -0.251. The van der Waals surface area contributed by atoms with Gasteiger partial charge in [0.1, 0.15) is 6.04 Å². The Bertz CT molecular complexity index is 691. The molecule has 0 aromatic carbocycles. The number of carbonyl (C=O) groups is 2. The van der Waals surface area contributed by atoms with Crippen molar-refractivity contribution in [2.45, 2.75) is 19.4 Å². The third-order valence-corrected chi connectivity index (χ3v) is 4.60. The molecule has 0 radical (unpaired) electrons. The van der Waals surface area contributed by atoms with Gasteiger partial charge in [-0.15, -0.1) is 11.3 Å². The number of carbonyl (C=O) groups excluding carboxylic acids is 2. The van der Waals surface area contributed by atoms with Crippen molar-refractivity contribution in [1.29, 1.82) is 0 Å². The highest BCUT2D eigenvalue weighted by molar-refractivity contribution is 7.12. The van der Waals surface area contributed by atoms with Crippen LogP contribution >= 0.6 is 11.3 Å². The smallest absolute Gasteiger partial charge is 0.262 e. The second-order valence-corrected chi connectivity index (χ2v) is 6.03. The molecule has 2 amide bonds. The van der Waals surface area contributed by atoms with Gasteiger partial charge in [-0.05, 0) is 30.4 Å². The molecule has 1 saturated heterocycles. The van der Waals surface area contributed by atoms with Crippen LogP contribution in [-0.2, 0) is 11.8 Å². The summed E-state index contributed by atoms with van der Waals surface area (Å²) in [5, 5.41) is 8.78. The standard InChI is InChI=1S/C14H16N4O2S/c1-9-4-6-21-12(9)13(19)16-11-3-5-18(14(11)20)10-7-15-17(2)8-10/h4,6-8,11H,3,5H2,1-2H3,(H,16,19)/t11-/m1/s1. The lowest BCUT2D eigenvalue weighted by molar-refractivity contribution is -0.118. The molecule has 2 aromatic heterocycles. The Morgan fingerprint density at radius 2 is 2.33 bits per heavy atom. The lowest BCUT2D eigenvalue weighted by Gasteiger charge is -2.15. The number of anilines is 1. The molecule has 0 unspecified atom stereocenters. The maximum absolute atomic E-state index is 12.4. The van der Waals surface area contributed by atoms with Crippen LogP contribution in [0.3, 0.4) is 0 Å². The number of amides is 2. The first-order valence-corrected chi connectivity index (χ1v) is 7.59. The molecule has 1 fully saturated rings. The molecule has 1 N–H and O–H groups in total. The molecule has 21 heavy (non-hydrogen) atoms. The Morgan fingerprint density at radius 1 is 1.52 bits per heavy atom. The van der Waals surface area contributed by atoms with E-state index in [-0.39, 0.29) is 11.8 Å². The molecular formula is C14H16N4O2S. The molecule has 3 heterocycles. The van der Waals surface area contributed by atoms with Crippen molar-refractivity contribution in [3.63, 3.8) is 0 Å². The van der Waals surface area contributed by atoms with Gasteiger partial charge in [-0.3, -0.25) is 14.3 Å². The fourth-order valence-electron chi connectivity index (χ4n) is 2.45. The Kier molecular flexibility index (Phi) is 3.50. The van der Waals surface area contributed by atoms with E-state index in [2.05, 4.69) is 10.4 Å². The third-order valence-electron chi connectivity index (χ3n) is 3.58. The second kappa shape index (κ2) is 5.33. The molecule has 1 atom stereocenters. The Labute approximate surface area is 126 Å². The van der Waals surface area contributed by atoms with Crippen LogP contribution in [0.15, 0.2) is 23.8 Å². The van der Waals surface area contributed by atoms with Gasteiger partial charge in [-0.2, -0.15) is 5.10 Å². The molecule has 6 nitrogen and oxygen atoms in total. The summed E-state index contributed by atoms with van der Waals surface area (Å²) in [4.78, 5) is 26.9. The van der Waals surface area contributed by atoms with Crippen LogP contribution in [0.5, 0.6) is 0 Å². The van der Waals surface area contributed by atoms with E-state index in [1.165, 1.54) is 11.3 Å². The molecule has 110 valence electrons. The first-order chi connectivity index (χ1) is 10.1. The zero-order valence-corrected chi connectivity index (χ0v) is 12.7. The summed E-state index contributed by atoms with van der Waals surface area (Å²) in [5.41, 5.74) is 1.71. The van der Waals surface area contributed by atoms with Gasteiger partial charge in [0, 0.05) is 19.8 Å². The SMILES string of the molecule is Cc1ccsc1C(=O)N[C@@H]1CCN(c2cnn(C)c2)C1=O. The first kappa shape index (κ1) is 13.8. The molecule has 0 saturated carbocycles. The largest absolute Gasteiger partial charge is 0.339 e. The second-order valence-electron chi connectivity index (χ2n) is 5.11. The minimum Gasteiger partial charge on any atom is -0.339 e. The quantitative estimate of drug-likeness (QED) is 0.930. The predicted molar refractivity (Wildman–Crippen MR) is 80.5 cm³/mol. The van der Waals surface area contributed by atoms with E-state index in [1.54, 1.807) is 22.0 Å². The van der Waals surface area contributed by atoms with Gasteiger partial charge in [-0.25, -0.2) is 0 Å². The Morgan fingerprint density at radius 3 is 2.95 bits per heavy atom. The monoisotopic (exact) mass is 304 g/mol. The Balaban J connectivity index is 1.70. The van der Waals surface area contributed by atoms with E-state index in [4.69, 9.17) is 0 Å².